The maximum absolute atomic E-state index is 13.4. The number of allylic oxidation sites excluding steroid dienone is 1. The van der Waals surface area contributed by atoms with E-state index in [1.807, 2.05) is 0 Å². The Morgan fingerprint density at radius 2 is 1.94 bits per heavy atom. The smallest absolute Gasteiger partial charge is 0.416 e. The first-order valence-corrected chi connectivity index (χ1v) is 11.0. The summed E-state index contributed by atoms with van der Waals surface area (Å²) in [5.41, 5.74) is -0.382. The highest BCUT2D eigenvalue weighted by Crippen LogP contribution is 2.42. The standard InChI is InChI=1S/C22H19F3N4O4S/c1-4-33-20(31)18-27-29(14-8-5-7-13(11-14)22(23,24)25)21-26-12(2)16(19(30)32-3)17(28(18)21)15-9-6-10-34-15/h5-11,17H,4H2,1-3H3/t17-/m1/s1. The first-order valence-electron chi connectivity index (χ1n) is 10.1. The molecule has 2 aliphatic rings. The van der Waals surface area contributed by atoms with Crippen LogP contribution in [0.15, 0.2) is 63.1 Å². The maximum Gasteiger partial charge on any atom is 0.416 e. The van der Waals surface area contributed by atoms with Crippen molar-refractivity contribution in [3.63, 3.8) is 0 Å². The lowest BCUT2D eigenvalue weighted by Gasteiger charge is -2.34. The fourth-order valence-corrected chi connectivity index (χ4v) is 4.49. The number of methoxy groups -OCH3 is 1. The number of hydrogen-bond acceptors (Lipinski definition) is 9. The molecule has 4 rings (SSSR count). The Labute approximate surface area is 196 Å². The van der Waals surface area contributed by atoms with Gasteiger partial charge in [-0.15, -0.1) is 16.4 Å². The number of anilines is 1. The molecule has 0 spiro atoms. The topological polar surface area (TPSA) is 83.8 Å². The van der Waals surface area contributed by atoms with Gasteiger partial charge in [0.2, 0.25) is 11.8 Å². The van der Waals surface area contributed by atoms with E-state index >= 15 is 0 Å². The van der Waals surface area contributed by atoms with Crippen molar-refractivity contribution >= 4 is 40.8 Å². The van der Waals surface area contributed by atoms with Gasteiger partial charge in [0.25, 0.3) is 0 Å². The van der Waals surface area contributed by atoms with Crippen LogP contribution < -0.4 is 5.01 Å². The summed E-state index contributed by atoms with van der Waals surface area (Å²) < 4.78 is 50.2. The molecule has 178 valence electrons. The molecule has 2 aliphatic heterocycles. The monoisotopic (exact) mass is 492 g/mol. The first-order chi connectivity index (χ1) is 16.2. The third kappa shape index (κ3) is 4.04. The summed E-state index contributed by atoms with van der Waals surface area (Å²) in [7, 11) is 1.23. The van der Waals surface area contributed by atoms with E-state index in [1.165, 1.54) is 35.5 Å². The summed E-state index contributed by atoms with van der Waals surface area (Å²) in [6.07, 6.45) is -4.58. The fourth-order valence-electron chi connectivity index (χ4n) is 3.67. The van der Waals surface area contributed by atoms with Gasteiger partial charge >= 0.3 is 18.1 Å². The SMILES string of the molecule is CCOC(=O)C1=NN(c2cccc(C(F)(F)F)c2)C2=NC(C)=C(C(=O)OC)[C@@H](c3cccs3)N12. The number of thiophene rings is 1. The highest BCUT2D eigenvalue weighted by Gasteiger charge is 2.48. The Kier molecular flexibility index (Phi) is 6.17. The highest BCUT2D eigenvalue weighted by molar-refractivity contribution is 7.10. The molecule has 0 bridgehead atoms. The van der Waals surface area contributed by atoms with Crippen LogP contribution in [0.4, 0.5) is 18.9 Å². The molecule has 34 heavy (non-hydrogen) atoms. The second kappa shape index (κ2) is 8.93. The predicted molar refractivity (Wildman–Crippen MR) is 119 cm³/mol. The van der Waals surface area contributed by atoms with E-state index in [0.29, 0.717) is 4.88 Å². The van der Waals surface area contributed by atoms with E-state index in [4.69, 9.17) is 9.47 Å². The summed E-state index contributed by atoms with van der Waals surface area (Å²) in [6, 6.07) is 7.20. The number of ether oxygens (including phenoxy) is 2. The van der Waals surface area contributed by atoms with Gasteiger partial charge in [0.15, 0.2) is 0 Å². The van der Waals surface area contributed by atoms with Crippen LogP contribution in [0.3, 0.4) is 0 Å². The van der Waals surface area contributed by atoms with Crippen LogP contribution in [0.1, 0.15) is 30.3 Å². The van der Waals surface area contributed by atoms with Gasteiger partial charge in [-0.25, -0.2) is 14.6 Å². The van der Waals surface area contributed by atoms with Gasteiger partial charge in [-0.3, -0.25) is 4.90 Å². The highest BCUT2D eigenvalue weighted by atomic mass is 32.1. The molecule has 8 nitrogen and oxygen atoms in total. The fraction of sp³-hybridized carbons (Fsp3) is 0.273. The largest absolute Gasteiger partial charge is 0.466 e. The average molecular weight is 492 g/mol. The van der Waals surface area contributed by atoms with Crippen molar-refractivity contribution < 1.29 is 32.2 Å². The minimum absolute atomic E-state index is 0.0390. The summed E-state index contributed by atoms with van der Waals surface area (Å²) in [6.45, 7) is 3.25. The van der Waals surface area contributed by atoms with Gasteiger partial charge in [0, 0.05) is 4.88 Å². The molecule has 1 aromatic carbocycles. The third-order valence-corrected chi connectivity index (χ3v) is 6.04. The van der Waals surface area contributed by atoms with Gasteiger partial charge in [-0.2, -0.15) is 18.2 Å². The number of benzene rings is 1. The number of hydrogen-bond donors (Lipinski definition) is 0. The van der Waals surface area contributed by atoms with Crippen molar-refractivity contribution in [2.24, 2.45) is 10.1 Å². The number of esters is 2. The number of hydrazone groups is 1. The van der Waals surface area contributed by atoms with E-state index in [9.17, 15) is 22.8 Å². The molecular formula is C22H19F3N4O4S. The minimum Gasteiger partial charge on any atom is -0.466 e. The molecule has 0 saturated carbocycles. The predicted octanol–water partition coefficient (Wildman–Crippen LogP) is 4.32. The van der Waals surface area contributed by atoms with Gasteiger partial charge in [-0.1, -0.05) is 12.1 Å². The molecule has 0 unspecified atom stereocenters. The molecule has 0 N–H and O–H groups in total. The van der Waals surface area contributed by atoms with Crippen molar-refractivity contribution in [3.8, 4) is 0 Å². The van der Waals surface area contributed by atoms with Crippen LogP contribution in [0.25, 0.3) is 0 Å². The zero-order chi connectivity index (χ0) is 24.6. The zero-order valence-corrected chi connectivity index (χ0v) is 19.1. The first kappa shape index (κ1) is 23.5. The van der Waals surface area contributed by atoms with Crippen molar-refractivity contribution in [2.45, 2.75) is 26.1 Å². The van der Waals surface area contributed by atoms with Gasteiger partial charge in [0.1, 0.15) is 6.04 Å². The quantitative estimate of drug-likeness (QED) is 0.578. The number of rotatable bonds is 5. The lowest BCUT2D eigenvalue weighted by Crippen LogP contribution is -2.47. The third-order valence-electron chi connectivity index (χ3n) is 5.11. The number of alkyl halides is 3. The summed E-state index contributed by atoms with van der Waals surface area (Å²) in [5, 5.41) is 7.22. The van der Waals surface area contributed by atoms with Crippen molar-refractivity contribution in [1.82, 2.24) is 4.90 Å². The maximum atomic E-state index is 13.4. The molecule has 1 aromatic heterocycles. The second-order valence-corrected chi connectivity index (χ2v) is 8.17. The van der Waals surface area contributed by atoms with Crippen LogP contribution in [-0.4, -0.2) is 42.4 Å². The van der Waals surface area contributed by atoms with E-state index < -0.39 is 29.7 Å². The summed E-state index contributed by atoms with van der Waals surface area (Å²) in [4.78, 5) is 32.1. The molecule has 0 radical (unpaired) electrons. The Bertz CT molecular complexity index is 1220. The van der Waals surface area contributed by atoms with E-state index in [0.717, 1.165) is 17.1 Å². The zero-order valence-electron chi connectivity index (χ0n) is 18.3. The number of fused-ring (bicyclic) bond motifs is 1. The molecule has 0 fully saturated rings. The van der Waals surface area contributed by atoms with Crippen LogP contribution in [0, 0.1) is 0 Å². The number of carbonyl (C=O) groups excluding carboxylic acids is 2. The number of nitrogens with zero attached hydrogens (tertiary/aromatic N) is 4. The molecule has 0 amide bonds. The van der Waals surface area contributed by atoms with Gasteiger partial charge in [0.05, 0.1) is 36.2 Å². The lowest BCUT2D eigenvalue weighted by molar-refractivity contribution is -0.138. The lowest BCUT2D eigenvalue weighted by atomic mass is 10.00. The second-order valence-electron chi connectivity index (χ2n) is 7.19. The van der Waals surface area contributed by atoms with Gasteiger partial charge in [-0.05, 0) is 43.5 Å². The average Bonchev–Trinajstić information content (AvgIpc) is 3.46. The van der Waals surface area contributed by atoms with Crippen LogP contribution in [0.5, 0.6) is 0 Å². The Hall–Kier alpha value is -3.67. The molecule has 2 aromatic rings. The van der Waals surface area contributed by atoms with E-state index in [-0.39, 0.29) is 35.4 Å². The molecule has 1 atom stereocenters. The molecular weight excluding hydrogens is 473 g/mol. The molecule has 0 aliphatic carbocycles. The van der Waals surface area contributed by atoms with Crippen molar-refractivity contribution in [1.29, 1.82) is 0 Å². The number of guanidine groups is 1. The normalized spacial score (nSPS) is 17.9. The summed E-state index contributed by atoms with van der Waals surface area (Å²) >= 11 is 1.33. The molecule has 0 saturated heterocycles. The van der Waals surface area contributed by atoms with E-state index in [1.54, 1.807) is 31.4 Å². The minimum atomic E-state index is -4.58. The van der Waals surface area contributed by atoms with E-state index in [2.05, 4.69) is 10.1 Å². The number of carbonyl (C=O) groups is 2. The Morgan fingerprint density at radius 1 is 1.18 bits per heavy atom. The van der Waals surface area contributed by atoms with Crippen molar-refractivity contribution in [2.75, 3.05) is 18.7 Å². The molecule has 3 heterocycles. The van der Waals surface area contributed by atoms with Crippen LogP contribution >= 0.6 is 11.3 Å². The Balaban J connectivity index is 1.93. The van der Waals surface area contributed by atoms with Gasteiger partial charge < -0.3 is 9.47 Å². The number of amidine groups is 1. The number of halogens is 3. The van der Waals surface area contributed by atoms with Crippen molar-refractivity contribution in [3.05, 3.63) is 63.5 Å². The summed E-state index contributed by atoms with van der Waals surface area (Å²) in [5.74, 6) is -1.62. The number of aliphatic imine (C=N–C) groups is 1. The Morgan fingerprint density at radius 3 is 2.56 bits per heavy atom. The van der Waals surface area contributed by atoms with Crippen LogP contribution in [0.2, 0.25) is 0 Å². The molecule has 12 heteroatoms. The van der Waals surface area contributed by atoms with Crippen LogP contribution in [-0.2, 0) is 25.2 Å².